The van der Waals surface area contributed by atoms with Gasteiger partial charge in [0.15, 0.2) is 0 Å². The number of benzene rings is 2. The Kier molecular flexibility index (Phi) is 3.14. The number of hydrogen-bond acceptors (Lipinski definition) is 2. The molecule has 0 bridgehead atoms. The molecular formula is C16H15FN2O. The topological polar surface area (TPSA) is 46.3 Å². The molecule has 3 rings (SSSR count). The zero-order valence-electron chi connectivity index (χ0n) is 11.0. The number of nitrogen functional groups attached to an aromatic ring is 1. The third-order valence-electron chi connectivity index (χ3n) is 3.54. The van der Waals surface area contributed by atoms with Crippen LogP contribution in [0.1, 0.15) is 11.1 Å². The van der Waals surface area contributed by atoms with Crippen molar-refractivity contribution in [3.8, 4) is 0 Å². The van der Waals surface area contributed by atoms with Gasteiger partial charge in [0.1, 0.15) is 5.82 Å². The number of nitrogens with zero attached hydrogens (tertiary/aromatic N) is 1. The third-order valence-corrected chi connectivity index (χ3v) is 3.54. The van der Waals surface area contributed by atoms with Crippen LogP contribution in [-0.4, -0.2) is 12.5 Å². The fourth-order valence-electron chi connectivity index (χ4n) is 2.60. The third kappa shape index (κ3) is 2.37. The average Bonchev–Trinajstić information content (AvgIpc) is 2.81. The maximum absolute atomic E-state index is 13.1. The fraction of sp³-hybridized carbons (Fsp3) is 0.188. The second-order valence-electron chi connectivity index (χ2n) is 4.99. The fourth-order valence-corrected chi connectivity index (χ4v) is 2.60. The lowest BCUT2D eigenvalue weighted by molar-refractivity contribution is -0.117. The van der Waals surface area contributed by atoms with Crippen LogP contribution in [-0.2, 0) is 17.6 Å². The number of rotatable bonds is 2. The quantitative estimate of drug-likeness (QED) is 0.852. The summed E-state index contributed by atoms with van der Waals surface area (Å²) in [6.45, 7) is 0.660. The summed E-state index contributed by atoms with van der Waals surface area (Å²) in [5.41, 5.74) is 9.16. The largest absolute Gasteiger partial charge is 0.399 e. The highest BCUT2D eigenvalue weighted by Gasteiger charge is 2.24. The Morgan fingerprint density at radius 2 is 2.10 bits per heavy atom. The monoisotopic (exact) mass is 270 g/mol. The van der Waals surface area contributed by atoms with Crippen LogP contribution in [0.15, 0.2) is 42.5 Å². The summed E-state index contributed by atoms with van der Waals surface area (Å²) in [4.78, 5) is 14.1. The van der Waals surface area contributed by atoms with Crippen molar-refractivity contribution in [3.05, 3.63) is 59.4 Å². The first-order valence-corrected chi connectivity index (χ1v) is 6.57. The van der Waals surface area contributed by atoms with Crippen LogP contribution in [0.25, 0.3) is 0 Å². The normalized spacial score (nSPS) is 13.3. The molecule has 1 aliphatic rings. The molecule has 4 heteroatoms. The highest BCUT2D eigenvalue weighted by atomic mass is 19.1. The molecule has 0 aliphatic carbocycles. The molecule has 3 nitrogen and oxygen atoms in total. The number of anilines is 2. The molecule has 102 valence electrons. The molecule has 1 heterocycles. The van der Waals surface area contributed by atoms with E-state index in [1.54, 1.807) is 23.1 Å². The number of carbonyl (C=O) groups is 1. The molecule has 0 spiro atoms. The van der Waals surface area contributed by atoms with Crippen LogP contribution < -0.4 is 10.6 Å². The van der Waals surface area contributed by atoms with Crippen molar-refractivity contribution in [1.82, 2.24) is 0 Å². The zero-order valence-corrected chi connectivity index (χ0v) is 11.0. The van der Waals surface area contributed by atoms with Crippen molar-refractivity contribution in [3.63, 3.8) is 0 Å². The lowest BCUT2D eigenvalue weighted by Crippen LogP contribution is -2.30. The minimum Gasteiger partial charge on any atom is -0.399 e. The van der Waals surface area contributed by atoms with E-state index in [-0.39, 0.29) is 18.1 Å². The van der Waals surface area contributed by atoms with E-state index in [0.29, 0.717) is 17.8 Å². The number of fused-ring (bicyclic) bond motifs is 1. The van der Waals surface area contributed by atoms with Crippen LogP contribution >= 0.6 is 0 Å². The molecule has 0 saturated heterocycles. The van der Waals surface area contributed by atoms with Gasteiger partial charge >= 0.3 is 0 Å². The van der Waals surface area contributed by atoms with Gasteiger partial charge < -0.3 is 10.6 Å². The van der Waals surface area contributed by atoms with Crippen LogP contribution in [0.3, 0.4) is 0 Å². The Balaban J connectivity index is 1.80. The lowest BCUT2D eigenvalue weighted by Gasteiger charge is -2.17. The molecule has 20 heavy (non-hydrogen) atoms. The van der Waals surface area contributed by atoms with Gasteiger partial charge in [0.2, 0.25) is 5.91 Å². The smallest absolute Gasteiger partial charge is 0.231 e. The van der Waals surface area contributed by atoms with Gasteiger partial charge in [0.25, 0.3) is 0 Å². The van der Waals surface area contributed by atoms with E-state index in [4.69, 9.17) is 5.73 Å². The van der Waals surface area contributed by atoms with Gasteiger partial charge in [-0.05, 0) is 47.9 Å². The summed E-state index contributed by atoms with van der Waals surface area (Å²) >= 11 is 0. The van der Waals surface area contributed by atoms with Crippen LogP contribution in [0.4, 0.5) is 15.8 Å². The molecule has 0 fully saturated rings. The second kappa shape index (κ2) is 4.96. The van der Waals surface area contributed by atoms with Gasteiger partial charge in [0.05, 0.1) is 6.42 Å². The molecule has 0 unspecified atom stereocenters. The molecule has 1 amide bonds. The van der Waals surface area contributed by atoms with E-state index >= 15 is 0 Å². The van der Waals surface area contributed by atoms with Crippen molar-refractivity contribution < 1.29 is 9.18 Å². The summed E-state index contributed by atoms with van der Waals surface area (Å²) in [6, 6.07) is 11.7. The summed E-state index contributed by atoms with van der Waals surface area (Å²) in [5, 5.41) is 0. The van der Waals surface area contributed by atoms with Crippen molar-refractivity contribution >= 4 is 17.3 Å². The number of nitrogens with two attached hydrogens (primary N) is 1. The van der Waals surface area contributed by atoms with Crippen molar-refractivity contribution in [1.29, 1.82) is 0 Å². The first-order valence-electron chi connectivity index (χ1n) is 6.57. The summed E-state index contributed by atoms with van der Waals surface area (Å²) in [7, 11) is 0. The number of amides is 1. The second-order valence-corrected chi connectivity index (χ2v) is 4.99. The van der Waals surface area contributed by atoms with Gasteiger partial charge in [-0.15, -0.1) is 0 Å². The van der Waals surface area contributed by atoms with E-state index in [1.165, 1.54) is 12.1 Å². The highest BCUT2D eigenvalue weighted by Crippen LogP contribution is 2.30. The van der Waals surface area contributed by atoms with Gasteiger partial charge in [-0.3, -0.25) is 4.79 Å². The zero-order chi connectivity index (χ0) is 14.1. The van der Waals surface area contributed by atoms with E-state index < -0.39 is 0 Å². The van der Waals surface area contributed by atoms with Gasteiger partial charge in [-0.1, -0.05) is 12.1 Å². The van der Waals surface area contributed by atoms with Crippen LogP contribution in [0.5, 0.6) is 0 Å². The van der Waals surface area contributed by atoms with E-state index in [0.717, 1.165) is 17.7 Å². The molecule has 2 aromatic rings. The summed E-state index contributed by atoms with van der Waals surface area (Å²) in [5.74, 6) is -0.330. The van der Waals surface area contributed by atoms with Gasteiger partial charge in [0, 0.05) is 17.9 Å². The molecule has 2 N–H and O–H groups in total. The van der Waals surface area contributed by atoms with Crippen molar-refractivity contribution in [2.45, 2.75) is 12.8 Å². The minimum absolute atomic E-state index is 0.0147. The van der Waals surface area contributed by atoms with E-state index in [1.807, 2.05) is 12.1 Å². The van der Waals surface area contributed by atoms with Gasteiger partial charge in [-0.2, -0.15) is 0 Å². The molecule has 0 aromatic heterocycles. The Labute approximate surface area is 116 Å². The van der Waals surface area contributed by atoms with Crippen molar-refractivity contribution in [2.75, 3.05) is 17.2 Å². The molecule has 1 aliphatic heterocycles. The highest BCUT2D eigenvalue weighted by molar-refractivity contribution is 5.97. The van der Waals surface area contributed by atoms with Crippen LogP contribution in [0, 0.1) is 5.82 Å². The Hall–Kier alpha value is -2.36. The molecule has 0 saturated carbocycles. The Bertz CT molecular complexity index is 669. The molecule has 0 radical (unpaired) electrons. The van der Waals surface area contributed by atoms with Gasteiger partial charge in [-0.25, -0.2) is 4.39 Å². The van der Waals surface area contributed by atoms with Crippen molar-refractivity contribution in [2.24, 2.45) is 0 Å². The summed E-state index contributed by atoms with van der Waals surface area (Å²) in [6.07, 6.45) is 1.02. The molecule has 2 aromatic carbocycles. The Morgan fingerprint density at radius 1 is 1.25 bits per heavy atom. The first-order chi connectivity index (χ1) is 9.63. The predicted octanol–water partition coefficient (Wildman–Crippen LogP) is 2.54. The van der Waals surface area contributed by atoms with Crippen LogP contribution in [0.2, 0.25) is 0 Å². The average molecular weight is 270 g/mol. The maximum atomic E-state index is 13.1. The first kappa shape index (κ1) is 12.7. The number of halogens is 1. The number of carbonyl (C=O) groups excluding carboxylic acids is 1. The molecular weight excluding hydrogens is 255 g/mol. The SMILES string of the molecule is Nc1ccc2c(c1)CCN2C(=O)Cc1cccc(F)c1. The molecule has 0 atom stereocenters. The summed E-state index contributed by atoms with van der Waals surface area (Å²) < 4.78 is 13.1. The predicted molar refractivity (Wildman–Crippen MR) is 77.0 cm³/mol. The Morgan fingerprint density at radius 3 is 2.90 bits per heavy atom. The van der Waals surface area contributed by atoms with E-state index in [9.17, 15) is 9.18 Å². The maximum Gasteiger partial charge on any atom is 0.231 e. The van der Waals surface area contributed by atoms with E-state index in [2.05, 4.69) is 0 Å². The minimum atomic E-state index is -0.315. The standard InChI is InChI=1S/C16H15FN2O/c17-13-3-1-2-11(8-13)9-16(20)19-7-6-12-10-14(18)4-5-15(12)19/h1-5,8,10H,6-7,9,18H2. The lowest BCUT2D eigenvalue weighted by atomic mass is 10.1. The number of hydrogen-bond donors (Lipinski definition) is 1.